The molecule has 0 radical (unpaired) electrons. The van der Waals surface area contributed by atoms with E-state index >= 15 is 0 Å². The van der Waals surface area contributed by atoms with E-state index in [2.05, 4.69) is 16.9 Å². The van der Waals surface area contributed by atoms with Crippen LogP contribution in [0.2, 0.25) is 0 Å². The lowest BCUT2D eigenvalue weighted by Gasteiger charge is -2.18. The molecule has 2 aromatic heterocycles. The average molecular weight is 294 g/mol. The Morgan fingerprint density at radius 3 is 3.21 bits per heavy atom. The number of thiophene rings is 1. The lowest BCUT2D eigenvalue weighted by Crippen LogP contribution is -2.08. The Labute approximate surface area is 121 Å². The van der Waals surface area contributed by atoms with E-state index in [1.807, 2.05) is 11.3 Å². The molecular formula is C14H18N2OS2. The molecule has 1 unspecified atom stereocenters. The van der Waals surface area contributed by atoms with Crippen LogP contribution >= 0.6 is 23.1 Å². The van der Waals surface area contributed by atoms with Gasteiger partial charge in [0.05, 0.1) is 6.61 Å². The fraction of sp³-hybridized carbons (Fsp3) is 0.571. The Hall–Kier alpha value is -0.650. The summed E-state index contributed by atoms with van der Waals surface area (Å²) in [5, 5.41) is 2.45. The zero-order chi connectivity index (χ0) is 13.2. The van der Waals surface area contributed by atoms with Crippen molar-refractivity contribution < 1.29 is 4.74 Å². The summed E-state index contributed by atoms with van der Waals surface area (Å²) >= 11 is 3.64. The fourth-order valence-electron chi connectivity index (χ4n) is 2.58. The van der Waals surface area contributed by atoms with Crippen molar-refractivity contribution in [1.29, 1.82) is 0 Å². The van der Waals surface area contributed by atoms with Gasteiger partial charge in [0.25, 0.3) is 0 Å². The summed E-state index contributed by atoms with van der Waals surface area (Å²) < 4.78 is 5.12. The molecule has 1 aliphatic rings. The number of rotatable bonds is 4. The van der Waals surface area contributed by atoms with E-state index in [1.54, 1.807) is 25.2 Å². The Morgan fingerprint density at radius 2 is 2.37 bits per heavy atom. The Balaban J connectivity index is 1.99. The molecule has 0 fully saturated rings. The van der Waals surface area contributed by atoms with Gasteiger partial charge < -0.3 is 4.74 Å². The number of fused-ring (bicyclic) bond motifs is 3. The normalized spacial score (nSPS) is 18.7. The molecule has 19 heavy (non-hydrogen) atoms. The quantitative estimate of drug-likeness (QED) is 0.491. The topological polar surface area (TPSA) is 35.0 Å². The molecule has 1 aliphatic carbocycles. The molecule has 3 rings (SSSR count). The highest BCUT2D eigenvalue weighted by atomic mass is 32.2. The van der Waals surface area contributed by atoms with Gasteiger partial charge in [-0.2, -0.15) is 0 Å². The van der Waals surface area contributed by atoms with Crippen molar-refractivity contribution in [2.75, 3.05) is 19.5 Å². The number of thioether (sulfide) groups is 1. The van der Waals surface area contributed by atoms with Gasteiger partial charge in [0.2, 0.25) is 0 Å². The van der Waals surface area contributed by atoms with Crippen LogP contribution in [-0.4, -0.2) is 29.4 Å². The average Bonchev–Trinajstić information content (AvgIpc) is 2.77. The number of methoxy groups -OCH3 is 1. The van der Waals surface area contributed by atoms with E-state index < -0.39 is 0 Å². The molecule has 2 aromatic rings. The second kappa shape index (κ2) is 5.77. The van der Waals surface area contributed by atoms with Gasteiger partial charge in [-0.15, -0.1) is 23.1 Å². The van der Waals surface area contributed by atoms with Gasteiger partial charge in [-0.05, 0) is 30.7 Å². The van der Waals surface area contributed by atoms with Crippen LogP contribution in [0.4, 0.5) is 0 Å². The van der Waals surface area contributed by atoms with Crippen molar-refractivity contribution in [3.63, 3.8) is 0 Å². The standard InChI is InChI=1S/C14H18N2OS2/c1-9-3-4-10-11(7-9)19-14-12(10)13(15-8-16-14)18-6-5-17-2/h8-9H,3-7H2,1-2H3. The molecular weight excluding hydrogens is 276 g/mol. The number of aromatic nitrogens is 2. The second-order valence-electron chi connectivity index (χ2n) is 5.05. The molecule has 1 atom stereocenters. The minimum Gasteiger partial charge on any atom is -0.384 e. The molecule has 2 heterocycles. The number of nitrogens with zero attached hydrogens (tertiary/aromatic N) is 2. The van der Waals surface area contributed by atoms with Crippen LogP contribution in [0.3, 0.4) is 0 Å². The number of hydrogen-bond acceptors (Lipinski definition) is 5. The van der Waals surface area contributed by atoms with Crippen molar-refractivity contribution in [3.05, 3.63) is 16.8 Å². The molecule has 0 N–H and O–H groups in total. The summed E-state index contributed by atoms with van der Waals surface area (Å²) in [5.41, 5.74) is 1.51. The van der Waals surface area contributed by atoms with Gasteiger partial charge in [0, 0.05) is 23.1 Å². The Kier molecular flexibility index (Phi) is 4.05. The van der Waals surface area contributed by atoms with Gasteiger partial charge in [-0.1, -0.05) is 6.92 Å². The predicted molar refractivity (Wildman–Crippen MR) is 81.2 cm³/mol. The number of hydrogen-bond donors (Lipinski definition) is 0. The SMILES string of the molecule is COCCSc1ncnc2sc3c(c12)CCC(C)C3. The first kappa shape index (κ1) is 13.3. The molecule has 0 bridgehead atoms. The van der Waals surface area contributed by atoms with Crippen LogP contribution in [0.1, 0.15) is 23.8 Å². The fourth-order valence-corrected chi connectivity index (χ4v) is 4.92. The summed E-state index contributed by atoms with van der Waals surface area (Å²) in [5.74, 6) is 1.75. The third-order valence-corrected chi connectivity index (χ3v) is 5.70. The van der Waals surface area contributed by atoms with Crippen molar-refractivity contribution in [2.24, 2.45) is 5.92 Å². The number of aryl methyl sites for hydroxylation is 1. The van der Waals surface area contributed by atoms with Crippen LogP contribution in [0.15, 0.2) is 11.4 Å². The summed E-state index contributed by atoms with van der Waals surface area (Å²) in [6.07, 6.45) is 5.37. The Morgan fingerprint density at radius 1 is 1.47 bits per heavy atom. The molecule has 102 valence electrons. The molecule has 5 heteroatoms. The summed E-state index contributed by atoms with van der Waals surface area (Å²) in [4.78, 5) is 11.6. The van der Waals surface area contributed by atoms with Gasteiger partial charge >= 0.3 is 0 Å². The second-order valence-corrected chi connectivity index (χ2v) is 7.22. The van der Waals surface area contributed by atoms with Crippen LogP contribution < -0.4 is 0 Å². The summed E-state index contributed by atoms with van der Waals surface area (Å²) in [7, 11) is 1.74. The maximum atomic E-state index is 5.12. The van der Waals surface area contributed by atoms with Crippen LogP contribution in [0.25, 0.3) is 10.2 Å². The van der Waals surface area contributed by atoms with Crippen molar-refractivity contribution in [2.45, 2.75) is 31.2 Å². The minimum absolute atomic E-state index is 0.763. The molecule has 0 spiro atoms. The van der Waals surface area contributed by atoms with Crippen LogP contribution in [-0.2, 0) is 17.6 Å². The maximum Gasteiger partial charge on any atom is 0.128 e. The van der Waals surface area contributed by atoms with Crippen molar-refractivity contribution in [3.8, 4) is 0 Å². The zero-order valence-electron chi connectivity index (χ0n) is 11.3. The third-order valence-electron chi connectivity index (χ3n) is 3.58. The smallest absolute Gasteiger partial charge is 0.128 e. The van der Waals surface area contributed by atoms with Crippen LogP contribution in [0.5, 0.6) is 0 Å². The predicted octanol–water partition coefficient (Wildman–Crippen LogP) is 3.55. The van der Waals surface area contributed by atoms with Crippen molar-refractivity contribution >= 4 is 33.3 Å². The Bertz CT molecular complexity index is 582. The lowest BCUT2D eigenvalue weighted by atomic mass is 9.89. The van der Waals surface area contributed by atoms with Gasteiger partial charge in [-0.25, -0.2) is 9.97 Å². The lowest BCUT2D eigenvalue weighted by molar-refractivity contribution is 0.218. The highest BCUT2D eigenvalue weighted by Crippen LogP contribution is 2.40. The molecule has 3 nitrogen and oxygen atoms in total. The molecule has 0 amide bonds. The van der Waals surface area contributed by atoms with E-state index in [4.69, 9.17) is 4.74 Å². The largest absolute Gasteiger partial charge is 0.384 e. The minimum atomic E-state index is 0.763. The first-order valence-corrected chi connectivity index (χ1v) is 8.46. The van der Waals surface area contributed by atoms with Gasteiger partial charge in [0.1, 0.15) is 16.2 Å². The third kappa shape index (κ3) is 2.64. The molecule has 0 aliphatic heterocycles. The molecule has 0 aromatic carbocycles. The van der Waals surface area contributed by atoms with Gasteiger partial charge in [0.15, 0.2) is 0 Å². The highest BCUT2D eigenvalue weighted by molar-refractivity contribution is 7.99. The maximum absolute atomic E-state index is 5.12. The zero-order valence-corrected chi connectivity index (χ0v) is 12.9. The van der Waals surface area contributed by atoms with E-state index in [-0.39, 0.29) is 0 Å². The monoisotopic (exact) mass is 294 g/mol. The molecule has 0 saturated carbocycles. The van der Waals surface area contributed by atoms with E-state index in [1.165, 1.54) is 35.1 Å². The first-order valence-electron chi connectivity index (χ1n) is 6.66. The van der Waals surface area contributed by atoms with E-state index in [9.17, 15) is 0 Å². The van der Waals surface area contributed by atoms with Crippen LogP contribution in [0, 0.1) is 5.92 Å². The van der Waals surface area contributed by atoms with Gasteiger partial charge in [-0.3, -0.25) is 0 Å². The van der Waals surface area contributed by atoms with Crippen molar-refractivity contribution in [1.82, 2.24) is 9.97 Å². The summed E-state index contributed by atoms with van der Waals surface area (Å²) in [6, 6.07) is 0. The molecule has 0 saturated heterocycles. The summed E-state index contributed by atoms with van der Waals surface area (Å²) in [6.45, 7) is 3.10. The number of ether oxygens (including phenoxy) is 1. The first-order chi connectivity index (χ1) is 9.29. The highest BCUT2D eigenvalue weighted by Gasteiger charge is 2.22. The van der Waals surface area contributed by atoms with E-state index in [0.717, 1.165) is 28.1 Å². The van der Waals surface area contributed by atoms with E-state index in [0.29, 0.717) is 0 Å².